The Labute approximate surface area is 189 Å². The Morgan fingerprint density at radius 1 is 0.645 bits per heavy atom. The Bertz CT molecular complexity index is 671. The molecule has 2 aromatic rings. The molecule has 0 fully saturated rings. The first kappa shape index (κ1) is 25.3. The summed E-state index contributed by atoms with van der Waals surface area (Å²) in [6.07, 6.45) is 21.3. The lowest BCUT2D eigenvalue weighted by Crippen LogP contribution is -2.01. The Kier molecular flexibility index (Phi) is 13.7. The fourth-order valence-corrected chi connectivity index (χ4v) is 3.67. The highest BCUT2D eigenvalue weighted by atomic mass is 17.2. The van der Waals surface area contributed by atoms with Gasteiger partial charge >= 0.3 is 0 Å². The summed E-state index contributed by atoms with van der Waals surface area (Å²) in [5.74, 6) is 1.26. The molecule has 1 heterocycles. The third kappa shape index (κ3) is 11.3. The number of aromatic nitrogens is 2. The fourth-order valence-electron chi connectivity index (χ4n) is 3.67. The number of rotatable bonds is 18. The molecule has 0 saturated carbocycles. The van der Waals surface area contributed by atoms with Crippen LogP contribution in [0, 0.1) is 0 Å². The molecule has 0 radical (unpaired) electrons. The van der Waals surface area contributed by atoms with E-state index in [0.29, 0.717) is 18.2 Å². The summed E-state index contributed by atoms with van der Waals surface area (Å²) in [6, 6.07) is 8.62. The van der Waals surface area contributed by atoms with Crippen LogP contribution in [0.4, 0.5) is 0 Å². The summed E-state index contributed by atoms with van der Waals surface area (Å²) in [6.45, 7) is 5.11. The van der Waals surface area contributed by atoms with Gasteiger partial charge in [-0.05, 0) is 24.8 Å². The second-order valence-corrected chi connectivity index (χ2v) is 8.48. The highest BCUT2D eigenvalue weighted by Crippen LogP contribution is 2.19. The first-order chi connectivity index (χ1) is 15.3. The topological polar surface area (TPSA) is 44.2 Å². The van der Waals surface area contributed by atoms with Crippen molar-refractivity contribution in [1.29, 1.82) is 0 Å². The minimum atomic E-state index is 0.547. The van der Waals surface area contributed by atoms with Gasteiger partial charge in [-0.25, -0.2) is 9.97 Å². The third-order valence-corrected chi connectivity index (χ3v) is 5.65. The van der Waals surface area contributed by atoms with E-state index in [4.69, 9.17) is 9.78 Å². The maximum absolute atomic E-state index is 5.30. The van der Waals surface area contributed by atoms with E-state index in [0.717, 1.165) is 18.4 Å². The van der Waals surface area contributed by atoms with E-state index in [9.17, 15) is 0 Å². The van der Waals surface area contributed by atoms with E-state index in [-0.39, 0.29) is 0 Å². The Morgan fingerprint density at radius 3 is 1.81 bits per heavy atom. The molecule has 0 aliphatic heterocycles. The van der Waals surface area contributed by atoms with E-state index in [1.54, 1.807) is 12.4 Å². The van der Waals surface area contributed by atoms with E-state index in [1.165, 1.54) is 82.6 Å². The average Bonchev–Trinajstić information content (AvgIpc) is 2.81. The van der Waals surface area contributed by atoms with Gasteiger partial charge in [0.05, 0.1) is 19.0 Å². The fraction of sp³-hybridized carbons (Fsp3) is 0.630. The lowest BCUT2D eigenvalue weighted by Gasteiger charge is -2.06. The second kappa shape index (κ2) is 16.7. The van der Waals surface area contributed by atoms with Crippen molar-refractivity contribution in [3.63, 3.8) is 0 Å². The molecule has 0 N–H and O–H groups in total. The van der Waals surface area contributed by atoms with Crippen LogP contribution in [0.5, 0.6) is 5.75 Å². The Hall–Kier alpha value is -1.94. The van der Waals surface area contributed by atoms with Crippen molar-refractivity contribution in [2.75, 3.05) is 6.61 Å². The molecule has 31 heavy (non-hydrogen) atoms. The lowest BCUT2D eigenvalue weighted by atomic mass is 10.0. The van der Waals surface area contributed by atoms with Gasteiger partial charge in [-0.1, -0.05) is 109 Å². The molecule has 0 saturated heterocycles. The largest absolute Gasteiger partial charge is 0.334 e. The number of benzene rings is 1. The van der Waals surface area contributed by atoms with Gasteiger partial charge in [0.1, 0.15) is 0 Å². The normalized spacial score (nSPS) is 11.0. The molecule has 0 aliphatic rings. The van der Waals surface area contributed by atoms with Gasteiger partial charge < -0.3 is 4.89 Å². The number of unbranched alkanes of at least 4 members (excludes halogenated alkanes) is 11. The Morgan fingerprint density at radius 2 is 1.19 bits per heavy atom. The maximum atomic E-state index is 5.30. The van der Waals surface area contributed by atoms with E-state index < -0.39 is 0 Å². The highest BCUT2D eigenvalue weighted by Gasteiger charge is 2.04. The van der Waals surface area contributed by atoms with Crippen molar-refractivity contribution >= 4 is 0 Å². The van der Waals surface area contributed by atoms with Gasteiger partial charge in [-0.15, -0.1) is 0 Å². The van der Waals surface area contributed by atoms with Crippen molar-refractivity contribution in [2.24, 2.45) is 0 Å². The molecule has 1 aromatic carbocycles. The zero-order valence-electron chi connectivity index (χ0n) is 19.8. The summed E-state index contributed by atoms with van der Waals surface area (Å²) in [7, 11) is 0. The van der Waals surface area contributed by atoms with Gasteiger partial charge in [0.15, 0.2) is 5.82 Å². The van der Waals surface area contributed by atoms with Crippen LogP contribution >= 0.6 is 0 Å². The minimum Gasteiger partial charge on any atom is -0.334 e. The SMILES string of the molecule is CCCCCCCCCc1ccc(-c2ncc(OOCCCCCCCC)cn2)cc1. The predicted octanol–water partition coefficient (Wildman–Crippen LogP) is 8.11. The summed E-state index contributed by atoms with van der Waals surface area (Å²) < 4.78 is 0. The number of hydrogen-bond donors (Lipinski definition) is 0. The number of nitrogens with zero attached hydrogens (tertiary/aromatic N) is 2. The first-order valence-electron chi connectivity index (χ1n) is 12.5. The molecule has 4 nitrogen and oxygen atoms in total. The molecule has 172 valence electrons. The molecule has 2 rings (SSSR count). The second-order valence-electron chi connectivity index (χ2n) is 8.48. The molecular weight excluding hydrogens is 384 g/mol. The van der Waals surface area contributed by atoms with Gasteiger partial charge in [-0.3, -0.25) is 0 Å². The van der Waals surface area contributed by atoms with Gasteiger partial charge in [0.2, 0.25) is 5.75 Å². The van der Waals surface area contributed by atoms with Crippen molar-refractivity contribution in [3.8, 4) is 17.1 Å². The maximum Gasteiger partial charge on any atom is 0.201 e. The van der Waals surface area contributed by atoms with E-state index in [1.807, 2.05) is 0 Å². The lowest BCUT2D eigenvalue weighted by molar-refractivity contribution is -0.207. The Balaban J connectivity index is 1.63. The van der Waals surface area contributed by atoms with Crippen LogP contribution in [0.2, 0.25) is 0 Å². The minimum absolute atomic E-state index is 0.547. The molecule has 1 aromatic heterocycles. The number of aryl methyl sites for hydroxylation is 1. The van der Waals surface area contributed by atoms with Crippen molar-refractivity contribution in [3.05, 3.63) is 42.2 Å². The average molecular weight is 427 g/mol. The molecule has 0 aliphatic carbocycles. The molecular formula is C27H42N2O2. The summed E-state index contributed by atoms with van der Waals surface area (Å²) in [5, 5.41) is 0. The molecule has 0 bridgehead atoms. The molecule has 0 spiro atoms. The van der Waals surface area contributed by atoms with Crippen molar-refractivity contribution in [1.82, 2.24) is 9.97 Å². The summed E-state index contributed by atoms with van der Waals surface area (Å²) >= 11 is 0. The van der Waals surface area contributed by atoms with E-state index >= 15 is 0 Å². The van der Waals surface area contributed by atoms with Gasteiger partial charge in [0, 0.05) is 5.56 Å². The van der Waals surface area contributed by atoms with Gasteiger partial charge in [-0.2, -0.15) is 4.89 Å². The smallest absolute Gasteiger partial charge is 0.201 e. The van der Waals surface area contributed by atoms with E-state index in [2.05, 4.69) is 48.1 Å². The summed E-state index contributed by atoms with van der Waals surface area (Å²) in [5.41, 5.74) is 2.42. The van der Waals surface area contributed by atoms with Crippen molar-refractivity contribution < 1.29 is 9.78 Å². The molecule has 4 heteroatoms. The van der Waals surface area contributed by atoms with Crippen LogP contribution in [0.25, 0.3) is 11.4 Å². The first-order valence-corrected chi connectivity index (χ1v) is 12.5. The van der Waals surface area contributed by atoms with Crippen LogP contribution in [0.1, 0.15) is 103 Å². The molecule has 0 atom stereocenters. The van der Waals surface area contributed by atoms with Gasteiger partial charge in [0.25, 0.3) is 0 Å². The zero-order valence-corrected chi connectivity index (χ0v) is 19.8. The molecule has 0 unspecified atom stereocenters. The van der Waals surface area contributed by atoms with Crippen LogP contribution in [-0.4, -0.2) is 16.6 Å². The third-order valence-electron chi connectivity index (χ3n) is 5.65. The monoisotopic (exact) mass is 426 g/mol. The van der Waals surface area contributed by atoms with Crippen molar-refractivity contribution in [2.45, 2.75) is 104 Å². The summed E-state index contributed by atoms with van der Waals surface area (Å²) in [4.78, 5) is 19.4. The number of hydrogen-bond acceptors (Lipinski definition) is 4. The highest BCUT2D eigenvalue weighted by molar-refractivity contribution is 5.55. The standard InChI is InChI=1S/C27H42N2O2/c1-3-5-7-9-11-12-14-16-24-17-19-25(20-18-24)27-28-22-26(23-29-27)31-30-21-15-13-10-8-6-4-2/h17-20,22-23H,3-16,21H2,1-2H3. The van der Waals surface area contributed by atoms with Crippen LogP contribution in [0.3, 0.4) is 0 Å². The van der Waals surface area contributed by atoms with Crippen LogP contribution < -0.4 is 4.89 Å². The van der Waals surface area contributed by atoms with Crippen LogP contribution in [-0.2, 0) is 11.3 Å². The quantitative estimate of drug-likeness (QED) is 0.137. The molecule has 0 amide bonds. The zero-order chi connectivity index (χ0) is 22.0. The predicted molar refractivity (Wildman–Crippen MR) is 129 cm³/mol. The van der Waals surface area contributed by atoms with Crippen LogP contribution in [0.15, 0.2) is 36.7 Å².